The van der Waals surface area contributed by atoms with Gasteiger partial charge < -0.3 is 9.47 Å². The van der Waals surface area contributed by atoms with E-state index in [4.69, 9.17) is 32.7 Å². The highest BCUT2D eigenvalue weighted by molar-refractivity contribution is 6.36. The largest absolute Gasteiger partial charge is 0.484 e. The molecule has 0 aromatic heterocycles. The predicted molar refractivity (Wildman–Crippen MR) is 147 cm³/mol. The minimum Gasteiger partial charge on any atom is -0.484 e. The molecular weight excluding hydrogens is 511 g/mol. The first kappa shape index (κ1) is 26.2. The van der Waals surface area contributed by atoms with Crippen LogP contribution in [0.1, 0.15) is 41.3 Å². The first-order valence-electron chi connectivity index (χ1n) is 11.6. The van der Waals surface area contributed by atoms with E-state index in [1.807, 2.05) is 54.6 Å². The highest BCUT2D eigenvalue weighted by Crippen LogP contribution is 2.29. The van der Waals surface area contributed by atoms with Crippen molar-refractivity contribution in [1.82, 2.24) is 5.43 Å². The molecule has 0 spiro atoms. The fraction of sp³-hybridized carbons (Fsp3) is 0.138. The van der Waals surface area contributed by atoms with Crippen molar-refractivity contribution in [2.75, 3.05) is 6.61 Å². The third-order valence-electron chi connectivity index (χ3n) is 5.58. The smallest absolute Gasteiger partial charge is 0.345 e. The normalized spacial score (nSPS) is 11.2. The monoisotopic (exact) mass is 534 g/mol. The number of benzene rings is 4. The van der Waals surface area contributed by atoms with Crippen LogP contribution in [0.25, 0.3) is 10.8 Å². The molecule has 4 aromatic carbocycles. The van der Waals surface area contributed by atoms with Crippen molar-refractivity contribution in [3.63, 3.8) is 0 Å². The van der Waals surface area contributed by atoms with Gasteiger partial charge in [-0.3, -0.25) is 4.79 Å². The summed E-state index contributed by atoms with van der Waals surface area (Å²) >= 11 is 12.1. The summed E-state index contributed by atoms with van der Waals surface area (Å²) in [5.41, 5.74) is 4.33. The van der Waals surface area contributed by atoms with E-state index in [1.54, 1.807) is 12.1 Å². The number of carbonyl (C=O) groups excluding carboxylic acids is 2. The maximum atomic E-state index is 12.8. The molecule has 0 aliphatic rings. The number of fused-ring (bicyclic) bond motifs is 1. The van der Waals surface area contributed by atoms with Crippen molar-refractivity contribution in [3.8, 4) is 11.5 Å². The summed E-state index contributed by atoms with van der Waals surface area (Å²) < 4.78 is 11.2. The number of rotatable bonds is 8. The minimum atomic E-state index is -0.646. The second-order valence-corrected chi connectivity index (χ2v) is 9.36. The molecule has 8 heteroatoms. The number of carbonyl (C=O) groups is 2. The molecule has 0 saturated heterocycles. The van der Waals surface area contributed by atoms with Gasteiger partial charge in [0.1, 0.15) is 11.5 Å². The fourth-order valence-corrected chi connectivity index (χ4v) is 4.09. The van der Waals surface area contributed by atoms with Gasteiger partial charge in [-0.2, -0.15) is 5.10 Å². The number of amides is 1. The highest BCUT2D eigenvalue weighted by atomic mass is 35.5. The summed E-state index contributed by atoms with van der Waals surface area (Å²) in [5.74, 6) is 0.179. The van der Waals surface area contributed by atoms with Crippen LogP contribution in [0.15, 0.2) is 84.0 Å². The summed E-state index contributed by atoms with van der Waals surface area (Å²) in [6, 6.07) is 23.2. The molecule has 0 bridgehead atoms. The molecule has 1 amide bonds. The van der Waals surface area contributed by atoms with Crippen LogP contribution < -0.4 is 14.9 Å². The molecule has 37 heavy (non-hydrogen) atoms. The molecule has 1 N–H and O–H groups in total. The van der Waals surface area contributed by atoms with Gasteiger partial charge in [0.15, 0.2) is 6.61 Å². The lowest BCUT2D eigenvalue weighted by molar-refractivity contribution is -0.123. The Morgan fingerprint density at radius 1 is 0.973 bits per heavy atom. The van der Waals surface area contributed by atoms with Gasteiger partial charge in [-0.25, -0.2) is 10.2 Å². The summed E-state index contributed by atoms with van der Waals surface area (Å²) in [7, 11) is 0. The lowest BCUT2D eigenvalue weighted by Crippen LogP contribution is -2.24. The Kier molecular flexibility index (Phi) is 8.43. The molecule has 4 aromatic rings. The molecule has 0 heterocycles. The van der Waals surface area contributed by atoms with Crippen LogP contribution in [0.3, 0.4) is 0 Å². The molecule has 0 aliphatic carbocycles. The van der Waals surface area contributed by atoms with E-state index in [2.05, 4.69) is 24.4 Å². The van der Waals surface area contributed by atoms with Crippen LogP contribution in [0.2, 0.25) is 10.0 Å². The zero-order chi connectivity index (χ0) is 26.4. The van der Waals surface area contributed by atoms with Crippen LogP contribution in [0.4, 0.5) is 0 Å². The van der Waals surface area contributed by atoms with E-state index >= 15 is 0 Å². The van der Waals surface area contributed by atoms with Gasteiger partial charge in [0.25, 0.3) is 5.91 Å². The molecule has 0 unspecified atom stereocenters. The van der Waals surface area contributed by atoms with Crippen molar-refractivity contribution >= 4 is 52.1 Å². The summed E-state index contributed by atoms with van der Waals surface area (Å²) in [4.78, 5) is 25.1. The van der Waals surface area contributed by atoms with Crippen molar-refractivity contribution < 1.29 is 19.1 Å². The quantitative estimate of drug-likeness (QED) is 0.114. The number of hydrogen-bond donors (Lipinski definition) is 1. The lowest BCUT2D eigenvalue weighted by Gasteiger charge is -2.11. The SMILES string of the molecule is CC(C)c1ccc(OCC(=O)N/N=C/c2c(OC(=O)c3ccc(Cl)cc3Cl)ccc3ccccc23)cc1. The molecule has 0 fully saturated rings. The average Bonchev–Trinajstić information content (AvgIpc) is 2.88. The standard InChI is InChI=1S/C29H24Cl2N2O4/c1-18(2)19-7-11-22(12-8-19)36-17-28(34)33-32-16-25-23-6-4-3-5-20(23)9-14-27(25)37-29(35)24-13-10-21(30)15-26(24)31/h3-16,18H,17H2,1-2H3,(H,33,34)/b32-16+. The maximum Gasteiger partial charge on any atom is 0.345 e. The summed E-state index contributed by atoms with van der Waals surface area (Å²) in [5, 5.41) is 6.36. The average molecular weight is 535 g/mol. The van der Waals surface area contributed by atoms with Crippen molar-refractivity contribution in [1.29, 1.82) is 0 Å². The Balaban J connectivity index is 1.48. The second-order valence-electron chi connectivity index (χ2n) is 8.52. The summed E-state index contributed by atoms with van der Waals surface area (Å²) in [6.45, 7) is 4.01. The second kappa shape index (κ2) is 11.9. The number of hydrogen-bond acceptors (Lipinski definition) is 5. The highest BCUT2D eigenvalue weighted by Gasteiger charge is 2.16. The fourth-order valence-electron chi connectivity index (χ4n) is 3.61. The van der Waals surface area contributed by atoms with E-state index < -0.39 is 11.9 Å². The van der Waals surface area contributed by atoms with E-state index in [1.165, 1.54) is 23.9 Å². The van der Waals surface area contributed by atoms with Gasteiger partial charge in [-0.15, -0.1) is 0 Å². The number of nitrogens with zero attached hydrogens (tertiary/aromatic N) is 1. The predicted octanol–water partition coefficient (Wildman–Crippen LogP) is 7.02. The molecule has 0 radical (unpaired) electrons. The van der Waals surface area contributed by atoms with Crippen molar-refractivity contribution in [3.05, 3.63) is 106 Å². The first-order valence-corrected chi connectivity index (χ1v) is 12.3. The number of hydrazone groups is 1. The molecule has 4 rings (SSSR count). The van der Waals surface area contributed by atoms with E-state index in [-0.39, 0.29) is 22.9 Å². The molecule has 0 atom stereocenters. The van der Waals surface area contributed by atoms with Crippen LogP contribution in [-0.2, 0) is 4.79 Å². The van der Waals surface area contributed by atoms with E-state index in [0.29, 0.717) is 22.3 Å². The Hall–Kier alpha value is -3.87. The van der Waals surface area contributed by atoms with E-state index in [9.17, 15) is 9.59 Å². The van der Waals surface area contributed by atoms with Gasteiger partial charge in [0.05, 0.1) is 16.8 Å². The molecule has 188 valence electrons. The van der Waals surface area contributed by atoms with Crippen LogP contribution >= 0.6 is 23.2 Å². The molecule has 0 saturated carbocycles. The third kappa shape index (κ3) is 6.67. The number of esters is 1. The van der Waals surface area contributed by atoms with Crippen molar-refractivity contribution in [2.24, 2.45) is 5.10 Å². The van der Waals surface area contributed by atoms with Gasteiger partial charge in [0, 0.05) is 10.6 Å². The number of ether oxygens (including phenoxy) is 2. The van der Waals surface area contributed by atoms with Crippen molar-refractivity contribution in [2.45, 2.75) is 19.8 Å². The van der Waals surface area contributed by atoms with Crippen LogP contribution in [0.5, 0.6) is 11.5 Å². The molecule has 6 nitrogen and oxygen atoms in total. The topological polar surface area (TPSA) is 77.0 Å². The zero-order valence-corrected chi connectivity index (χ0v) is 21.7. The Labute approximate surface area is 224 Å². The van der Waals surface area contributed by atoms with E-state index in [0.717, 1.165) is 10.8 Å². The Morgan fingerprint density at radius 2 is 1.73 bits per heavy atom. The minimum absolute atomic E-state index is 0.175. The number of halogens is 2. The molecular formula is C29H24Cl2N2O4. The van der Waals surface area contributed by atoms with Crippen LogP contribution in [-0.4, -0.2) is 24.7 Å². The third-order valence-corrected chi connectivity index (χ3v) is 6.13. The van der Waals surface area contributed by atoms with Gasteiger partial charge in [-0.05, 0) is 58.7 Å². The van der Waals surface area contributed by atoms with Crippen LogP contribution in [0, 0.1) is 0 Å². The van der Waals surface area contributed by atoms with Gasteiger partial charge in [0.2, 0.25) is 0 Å². The first-order chi connectivity index (χ1) is 17.8. The summed E-state index contributed by atoms with van der Waals surface area (Å²) in [6.07, 6.45) is 1.43. The Bertz CT molecular complexity index is 1470. The lowest BCUT2D eigenvalue weighted by atomic mass is 10.0. The maximum absolute atomic E-state index is 12.8. The Morgan fingerprint density at radius 3 is 2.46 bits per heavy atom. The molecule has 0 aliphatic heterocycles. The number of nitrogens with one attached hydrogen (secondary N) is 1. The van der Waals surface area contributed by atoms with Gasteiger partial charge >= 0.3 is 5.97 Å². The zero-order valence-electron chi connectivity index (χ0n) is 20.2. The van der Waals surface area contributed by atoms with Gasteiger partial charge in [-0.1, -0.05) is 79.5 Å².